The third-order valence-electron chi connectivity index (χ3n) is 11.5. The molecule has 0 saturated heterocycles. The van der Waals surface area contributed by atoms with Crippen LogP contribution in [-0.2, 0) is 63.1 Å². The predicted octanol–water partition coefficient (Wildman–Crippen LogP) is 10.6. The van der Waals surface area contributed by atoms with Gasteiger partial charge in [-0.3, -0.25) is 24.0 Å². The van der Waals surface area contributed by atoms with E-state index in [-0.39, 0.29) is 66.6 Å². The van der Waals surface area contributed by atoms with Crippen molar-refractivity contribution in [2.75, 3.05) is 0 Å². The number of amides is 2. The molecule has 2 heterocycles. The van der Waals surface area contributed by atoms with Crippen molar-refractivity contribution in [3.63, 3.8) is 0 Å². The SMILES string of the molecule is CC(=O)OC(C)OC(=O)C(Cc1ccc(-c2c(C(F)(F)F)cc(C)n(C)c2=O)cc1)NC(=O)c1c(Cl)cccc1Cl.Cc1cc(C(F)(F)F)c(-c2ccc(CC(NC(=O)c3c(Cl)cccc3Cl)C(=O)O)cc2)c(=O)n1C. The molecule has 0 saturated carbocycles. The summed E-state index contributed by atoms with van der Waals surface area (Å²) in [6.45, 7) is 5.23. The lowest BCUT2D eigenvalue weighted by Crippen LogP contribution is -2.44. The zero-order valence-corrected chi connectivity index (χ0v) is 43.7. The molecular weight excluding hydrogens is 1100 g/mol. The zero-order valence-electron chi connectivity index (χ0n) is 40.7. The number of carboxylic acid groups (broad SMARTS) is 1. The Morgan fingerprint density at radius 1 is 0.592 bits per heavy atom. The lowest BCUT2D eigenvalue weighted by Gasteiger charge is -2.21. The van der Waals surface area contributed by atoms with Gasteiger partial charge in [-0.15, -0.1) is 0 Å². The van der Waals surface area contributed by atoms with E-state index in [1.807, 2.05) is 0 Å². The maximum Gasteiger partial charge on any atom is 0.417 e. The summed E-state index contributed by atoms with van der Waals surface area (Å²) >= 11 is 24.2. The molecule has 3 N–H and O–H groups in total. The second-order valence-electron chi connectivity index (χ2n) is 16.9. The molecule has 0 bridgehead atoms. The second kappa shape index (κ2) is 24.7. The smallest absolute Gasteiger partial charge is 0.417 e. The summed E-state index contributed by atoms with van der Waals surface area (Å²) in [4.78, 5) is 87.0. The van der Waals surface area contributed by atoms with Crippen molar-refractivity contribution in [1.29, 1.82) is 0 Å². The quantitative estimate of drug-likeness (QED) is 0.0537. The lowest BCUT2D eigenvalue weighted by molar-refractivity contribution is -0.184. The highest BCUT2D eigenvalue weighted by Gasteiger charge is 2.37. The summed E-state index contributed by atoms with van der Waals surface area (Å²) in [5.41, 5.74) is -3.82. The van der Waals surface area contributed by atoms with Crippen LogP contribution in [0.4, 0.5) is 26.3 Å². The molecule has 6 rings (SSSR count). The minimum absolute atomic E-state index is 0.0103. The van der Waals surface area contributed by atoms with Crippen LogP contribution >= 0.6 is 46.4 Å². The van der Waals surface area contributed by atoms with Crippen LogP contribution < -0.4 is 21.8 Å². The number of hydrogen-bond donors (Lipinski definition) is 3. The number of nitrogens with one attached hydrogen (secondary N) is 2. The Balaban J connectivity index is 0.000000284. The topological polar surface area (TPSA) is 192 Å². The molecule has 0 spiro atoms. The monoisotopic (exact) mass is 1140 g/mol. The molecule has 4 aromatic carbocycles. The van der Waals surface area contributed by atoms with Crippen molar-refractivity contribution < 1.29 is 64.9 Å². The van der Waals surface area contributed by atoms with E-state index >= 15 is 0 Å². The summed E-state index contributed by atoms with van der Waals surface area (Å²) in [7, 11) is 2.75. The maximum atomic E-state index is 13.8. The number of nitrogens with zero attached hydrogens (tertiary/aromatic N) is 2. The molecule has 3 atom stereocenters. The molecule has 0 radical (unpaired) electrons. The van der Waals surface area contributed by atoms with Gasteiger partial charge in [0.05, 0.1) is 53.5 Å². The second-order valence-corrected chi connectivity index (χ2v) is 18.5. The Morgan fingerprint density at radius 3 is 1.26 bits per heavy atom. The van der Waals surface area contributed by atoms with Crippen LogP contribution in [-0.4, -0.2) is 62.3 Å². The molecule has 402 valence electrons. The molecule has 2 amide bonds. The van der Waals surface area contributed by atoms with Crippen LogP contribution in [0.15, 0.2) is 107 Å². The van der Waals surface area contributed by atoms with Crippen molar-refractivity contribution in [2.45, 2.75) is 71.3 Å². The van der Waals surface area contributed by atoms with E-state index in [9.17, 15) is 65.0 Å². The number of carbonyl (C=O) groups excluding carboxylic acids is 4. The molecule has 6 aromatic rings. The van der Waals surface area contributed by atoms with Crippen molar-refractivity contribution >= 4 is 76.1 Å². The Labute approximate surface area is 449 Å². The van der Waals surface area contributed by atoms with E-state index in [2.05, 4.69) is 10.6 Å². The van der Waals surface area contributed by atoms with E-state index < -0.39 is 93.8 Å². The zero-order chi connectivity index (χ0) is 56.7. The number of halogens is 10. The van der Waals surface area contributed by atoms with E-state index in [0.717, 1.165) is 28.2 Å². The highest BCUT2D eigenvalue weighted by atomic mass is 35.5. The fourth-order valence-electron chi connectivity index (χ4n) is 7.52. The van der Waals surface area contributed by atoms with Gasteiger partial charge in [0.15, 0.2) is 0 Å². The first kappa shape index (κ1) is 59.7. The third-order valence-corrected chi connectivity index (χ3v) is 12.8. The van der Waals surface area contributed by atoms with Crippen molar-refractivity contribution in [3.05, 3.63) is 183 Å². The van der Waals surface area contributed by atoms with Gasteiger partial charge in [-0.25, -0.2) is 9.59 Å². The molecule has 0 fully saturated rings. The molecule has 0 aliphatic rings. The van der Waals surface area contributed by atoms with Gasteiger partial charge >= 0.3 is 30.3 Å². The Kier molecular flexibility index (Phi) is 19.4. The van der Waals surface area contributed by atoms with E-state index in [0.29, 0.717) is 11.1 Å². The molecule has 76 heavy (non-hydrogen) atoms. The fourth-order valence-corrected chi connectivity index (χ4v) is 8.66. The lowest BCUT2D eigenvalue weighted by atomic mass is 9.97. The van der Waals surface area contributed by atoms with Gasteiger partial charge in [0.2, 0.25) is 6.29 Å². The number of benzene rings is 4. The summed E-state index contributed by atoms with van der Waals surface area (Å²) in [5, 5.41) is 14.6. The van der Waals surface area contributed by atoms with Gasteiger partial charge in [0.1, 0.15) is 12.1 Å². The van der Waals surface area contributed by atoms with Gasteiger partial charge < -0.3 is 34.3 Å². The molecule has 14 nitrogen and oxygen atoms in total. The Morgan fingerprint density at radius 2 is 0.934 bits per heavy atom. The van der Waals surface area contributed by atoms with Crippen molar-refractivity contribution in [2.24, 2.45) is 14.1 Å². The minimum Gasteiger partial charge on any atom is -0.480 e. The van der Waals surface area contributed by atoms with E-state index in [1.165, 1.54) is 120 Å². The average molecular weight is 1140 g/mol. The first-order valence-electron chi connectivity index (χ1n) is 22.3. The highest BCUT2D eigenvalue weighted by molar-refractivity contribution is 6.40. The Bertz CT molecular complexity index is 3290. The molecule has 3 unspecified atom stereocenters. The number of aromatic nitrogens is 2. The van der Waals surface area contributed by atoms with Crippen LogP contribution in [0, 0.1) is 13.8 Å². The predicted molar refractivity (Wildman–Crippen MR) is 272 cm³/mol. The summed E-state index contributed by atoms with van der Waals surface area (Å²) in [6, 6.07) is 18.7. The van der Waals surface area contributed by atoms with Crippen molar-refractivity contribution in [3.8, 4) is 22.3 Å². The van der Waals surface area contributed by atoms with Crippen LogP contribution in [0.3, 0.4) is 0 Å². The van der Waals surface area contributed by atoms with Gasteiger partial charge in [-0.05, 0) is 72.5 Å². The standard InChI is InChI=1S/C28H25Cl2F3N2O6.C24H19Cl2F3N2O4/c1-14-12-19(28(31,32)33)23(26(38)35(14)4)18-10-8-17(9-11-18)13-22(27(39)41-16(3)40-15(2)36)34-25(37)24-20(29)6-5-7-21(24)30;1-12-10-15(24(27,28)29)19(22(33)31(12)2)14-8-6-13(7-9-14)11-18(23(34)35)30-21(32)20-16(25)4-3-5-17(20)26/h5-12,16,22H,13H2,1-4H3,(H,34,37);3-10,18H,11H2,1-2H3,(H,30,32)(H,34,35). The molecular formula is C52H44Cl4F6N4O10. The number of aryl methyl sites for hydroxylation is 2. The number of alkyl halides is 6. The molecule has 0 aliphatic carbocycles. The van der Waals surface area contributed by atoms with Gasteiger partial charge in [0, 0.05) is 52.2 Å². The maximum absolute atomic E-state index is 13.8. The normalized spacial score (nSPS) is 12.6. The number of pyridine rings is 2. The van der Waals surface area contributed by atoms with Crippen LogP contribution in [0.2, 0.25) is 20.1 Å². The summed E-state index contributed by atoms with van der Waals surface area (Å²) in [6.07, 6.45) is -11.2. The summed E-state index contributed by atoms with van der Waals surface area (Å²) in [5.74, 6) is -4.59. The van der Waals surface area contributed by atoms with Crippen LogP contribution in [0.1, 0.15) is 68.2 Å². The van der Waals surface area contributed by atoms with Crippen molar-refractivity contribution in [1.82, 2.24) is 19.8 Å². The van der Waals surface area contributed by atoms with Gasteiger partial charge in [-0.1, -0.05) is 107 Å². The largest absolute Gasteiger partial charge is 0.480 e. The number of aliphatic carboxylic acids is 1. The molecule has 24 heteroatoms. The molecule has 0 aliphatic heterocycles. The third kappa shape index (κ3) is 14.6. The number of carbonyl (C=O) groups is 5. The van der Waals surface area contributed by atoms with Crippen LogP contribution in [0.25, 0.3) is 22.3 Å². The number of hydrogen-bond acceptors (Lipinski definition) is 9. The highest BCUT2D eigenvalue weighted by Crippen LogP contribution is 2.37. The summed E-state index contributed by atoms with van der Waals surface area (Å²) < 4.78 is 94.4. The molecule has 2 aromatic heterocycles. The minimum atomic E-state index is -4.77. The number of rotatable bonds is 14. The van der Waals surface area contributed by atoms with Gasteiger partial charge in [0.25, 0.3) is 22.9 Å². The van der Waals surface area contributed by atoms with E-state index in [1.54, 1.807) is 0 Å². The number of carboxylic acids is 1. The first-order chi connectivity index (χ1) is 35.4. The Hall–Kier alpha value is -7.13. The number of ether oxygens (including phenoxy) is 2. The average Bonchev–Trinajstić information content (AvgIpc) is 3.31. The first-order valence-corrected chi connectivity index (χ1v) is 23.8. The van der Waals surface area contributed by atoms with Gasteiger partial charge in [-0.2, -0.15) is 26.3 Å². The fraction of sp³-hybridized carbons (Fsp3) is 0.250. The van der Waals surface area contributed by atoms with Crippen LogP contribution in [0.5, 0.6) is 0 Å². The number of esters is 2. The van der Waals surface area contributed by atoms with E-state index in [4.69, 9.17) is 55.9 Å².